The summed E-state index contributed by atoms with van der Waals surface area (Å²) < 4.78 is 0. The molecule has 0 aliphatic carbocycles. The molecule has 2 heterocycles. The summed E-state index contributed by atoms with van der Waals surface area (Å²) in [6.45, 7) is 15.4. The second-order valence-corrected chi connectivity index (χ2v) is 7.88. The molecule has 0 spiro atoms. The molecule has 2 fully saturated rings. The van der Waals surface area contributed by atoms with Crippen LogP contribution >= 0.6 is 0 Å². The van der Waals surface area contributed by atoms with E-state index in [4.69, 9.17) is 0 Å². The summed E-state index contributed by atoms with van der Waals surface area (Å²) in [6.07, 6.45) is 2.67. The van der Waals surface area contributed by atoms with Gasteiger partial charge in [0, 0.05) is 37.3 Å². The first-order valence-electron chi connectivity index (χ1n) is 7.98. The molecule has 4 unspecified atom stereocenters. The number of hydrogen-bond donors (Lipinski definition) is 1. The average Bonchev–Trinajstić information content (AvgIpc) is 2.32. The van der Waals surface area contributed by atoms with Gasteiger partial charge in [-0.15, -0.1) is 0 Å². The van der Waals surface area contributed by atoms with Crippen molar-refractivity contribution in [3.05, 3.63) is 0 Å². The molecule has 0 aromatic rings. The third kappa shape index (κ3) is 3.50. The van der Waals surface area contributed by atoms with Gasteiger partial charge in [-0.3, -0.25) is 4.90 Å². The first kappa shape index (κ1) is 15.3. The van der Waals surface area contributed by atoms with E-state index in [-0.39, 0.29) is 0 Å². The Balaban J connectivity index is 2.01. The van der Waals surface area contributed by atoms with E-state index in [0.29, 0.717) is 17.5 Å². The van der Waals surface area contributed by atoms with Crippen LogP contribution in [0.2, 0.25) is 0 Å². The zero-order valence-electron chi connectivity index (χ0n) is 13.7. The van der Waals surface area contributed by atoms with Gasteiger partial charge >= 0.3 is 0 Å². The van der Waals surface area contributed by atoms with Crippen molar-refractivity contribution in [2.45, 2.75) is 71.6 Å². The van der Waals surface area contributed by atoms with Gasteiger partial charge in [-0.1, -0.05) is 20.8 Å². The van der Waals surface area contributed by atoms with Crippen molar-refractivity contribution in [1.82, 2.24) is 15.1 Å². The van der Waals surface area contributed by atoms with Crippen molar-refractivity contribution >= 4 is 0 Å². The smallest absolute Gasteiger partial charge is 0.0244 e. The maximum atomic E-state index is 3.75. The summed E-state index contributed by atoms with van der Waals surface area (Å²) in [4.78, 5) is 5.29. The largest absolute Gasteiger partial charge is 0.311 e. The summed E-state index contributed by atoms with van der Waals surface area (Å²) in [5.41, 5.74) is 0.357. The lowest BCUT2D eigenvalue weighted by atomic mass is 9.83. The number of nitrogens with one attached hydrogen (secondary N) is 1. The molecule has 0 aromatic heterocycles. The Morgan fingerprint density at radius 1 is 1.11 bits per heavy atom. The standard InChI is InChI=1S/C16H33N3/c1-12-9-14(7-8-18(12)6)19-11-15(16(3,4)5)17-10-13(19)2/h12-15,17H,7-11H2,1-6H3. The quantitative estimate of drug-likeness (QED) is 0.785. The highest BCUT2D eigenvalue weighted by Gasteiger charge is 2.37. The van der Waals surface area contributed by atoms with E-state index in [1.54, 1.807) is 0 Å². The van der Waals surface area contributed by atoms with Gasteiger partial charge < -0.3 is 10.2 Å². The van der Waals surface area contributed by atoms with E-state index in [1.165, 1.54) is 25.9 Å². The number of rotatable bonds is 1. The Kier molecular flexibility index (Phi) is 4.59. The molecule has 1 N–H and O–H groups in total. The minimum atomic E-state index is 0.357. The van der Waals surface area contributed by atoms with Crippen molar-refractivity contribution in [3.63, 3.8) is 0 Å². The Bertz CT molecular complexity index is 297. The molecule has 0 amide bonds. The van der Waals surface area contributed by atoms with Crippen LogP contribution in [-0.2, 0) is 0 Å². The lowest BCUT2D eigenvalue weighted by Crippen LogP contribution is -2.63. The molecule has 0 aromatic carbocycles. The fourth-order valence-corrected chi connectivity index (χ4v) is 3.54. The van der Waals surface area contributed by atoms with E-state index < -0.39 is 0 Å². The number of piperazine rings is 1. The number of likely N-dealkylation sites (tertiary alicyclic amines) is 1. The van der Waals surface area contributed by atoms with E-state index >= 15 is 0 Å². The average molecular weight is 267 g/mol. The number of piperidine rings is 1. The van der Waals surface area contributed by atoms with E-state index in [0.717, 1.165) is 18.6 Å². The highest BCUT2D eigenvalue weighted by Crippen LogP contribution is 2.28. The van der Waals surface area contributed by atoms with Crippen molar-refractivity contribution < 1.29 is 0 Å². The van der Waals surface area contributed by atoms with Gasteiger partial charge in [0.15, 0.2) is 0 Å². The number of hydrogen-bond acceptors (Lipinski definition) is 3. The molecule has 0 radical (unpaired) electrons. The van der Waals surface area contributed by atoms with Gasteiger partial charge in [-0.25, -0.2) is 0 Å². The summed E-state index contributed by atoms with van der Waals surface area (Å²) in [5, 5.41) is 3.75. The van der Waals surface area contributed by atoms with Gasteiger partial charge in [-0.05, 0) is 45.7 Å². The van der Waals surface area contributed by atoms with Gasteiger partial charge in [0.2, 0.25) is 0 Å². The molecule has 0 bridgehead atoms. The van der Waals surface area contributed by atoms with Crippen molar-refractivity contribution in [3.8, 4) is 0 Å². The Morgan fingerprint density at radius 3 is 2.37 bits per heavy atom. The molecule has 112 valence electrons. The van der Waals surface area contributed by atoms with Gasteiger partial charge in [0.1, 0.15) is 0 Å². The minimum absolute atomic E-state index is 0.357. The molecule has 19 heavy (non-hydrogen) atoms. The van der Waals surface area contributed by atoms with E-state index in [9.17, 15) is 0 Å². The fraction of sp³-hybridized carbons (Fsp3) is 1.00. The normalized spacial score (nSPS) is 39.5. The van der Waals surface area contributed by atoms with Crippen LogP contribution in [-0.4, -0.2) is 60.6 Å². The van der Waals surface area contributed by atoms with Crippen LogP contribution in [0.15, 0.2) is 0 Å². The maximum absolute atomic E-state index is 3.75. The topological polar surface area (TPSA) is 18.5 Å². The lowest BCUT2D eigenvalue weighted by Gasteiger charge is -2.49. The fourth-order valence-electron chi connectivity index (χ4n) is 3.54. The highest BCUT2D eigenvalue weighted by molar-refractivity contribution is 4.95. The third-order valence-corrected chi connectivity index (χ3v) is 5.31. The molecule has 2 aliphatic rings. The molecular weight excluding hydrogens is 234 g/mol. The summed E-state index contributed by atoms with van der Waals surface area (Å²) in [5.74, 6) is 0. The third-order valence-electron chi connectivity index (χ3n) is 5.31. The predicted molar refractivity (Wildman–Crippen MR) is 82.5 cm³/mol. The Hall–Kier alpha value is -0.120. The van der Waals surface area contributed by atoms with E-state index in [1.807, 2.05) is 0 Å². The van der Waals surface area contributed by atoms with Crippen LogP contribution in [0.5, 0.6) is 0 Å². The molecule has 2 aliphatic heterocycles. The maximum Gasteiger partial charge on any atom is 0.0244 e. The van der Waals surface area contributed by atoms with Crippen LogP contribution < -0.4 is 5.32 Å². The lowest BCUT2D eigenvalue weighted by molar-refractivity contribution is 0.0184. The summed E-state index contributed by atoms with van der Waals surface area (Å²) >= 11 is 0. The number of nitrogens with zero attached hydrogens (tertiary/aromatic N) is 2. The monoisotopic (exact) mass is 267 g/mol. The molecule has 2 rings (SSSR count). The molecule has 3 nitrogen and oxygen atoms in total. The summed E-state index contributed by atoms with van der Waals surface area (Å²) in [7, 11) is 2.26. The second kappa shape index (κ2) is 5.71. The van der Waals surface area contributed by atoms with Crippen molar-refractivity contribution in [1.29, 1.82) is 0 Å². The van der Waals surface area contributed by atoms with Crippen LogP contribution in [0.3, 0.4) is 0 Å². The second-order valence-electron chi connectivity index (χ2n) is 7.88. The van der Waals surface area contributed by atoms with Crippen LogP contribution in [0, 0.1) is 5.41 Å². The molecule has 3 heteroatoms. The molecule has 2 saturated heterocycles. The highest BCUT2D eigenvalue weighted by atomic mass is 15.3. The molecule has 0 saturated carbocycles. The van der Waals surface area contributed by atoms with Crippen LogP contribution in [0.25, 0.3) is 0 Å². The molecular formula is C16H33N3. The summed E-state index contributed by atoms with van der Waals surface area (Å²) in [6, 6.07) is 2.82. The van der Waals surface area contributed by atoms with Gasteiger partial charge in [-0.2, -0.15) is 0 Å². The zero-order chi connectivity index (χ0) is 14.2. The molecule has 4 atom stereocenters. The van der Waals surface area contributed by atoms with Crippen LogP contribution in [0.4, 0.5) is 0 Å². The first-order chi connectivity index (χ1) is 8.79. The SMILES string of the molecule is CC1CC(N2CC(C(C)(C)C)NCC2C)CCN1C. The van der Waals surface area contributed by atoms with E-state index in [2.05, 4.69) is 56.8 Å². The Morgan fingerprint density at radius 2 is 1.79 bits per heavy atom. The van der Waals surface area contributed by atoms with Gasteiger partial charge in [0.25, 0.3) is 0 Å². The van der Waals surface area contributed by atoms with Crippen molar-refractivity contribution in [2.24, 2.45) is 5.41 Å². The Labute approximate surface area is 119 Å². The van der Waals surface area contributed by atoms with Gasteiger partial charge in [0.05, 0.1) is 0 Å². The first-order valence-corrected chi connectivity index (χ1v) is 7.98. The minimum Gasteiger partial charge on any atom is -0.311 e. The van der Waals surface area contributed by atoms with Crippen LogP contribution in [0.1, 0.15) is 47.5 Å². The predicted octanol–water partition coefficient (Wildman–Crippen LogP) is 2.18. The van der Waals surface area contributed by atoms with Crippen molar-refractivity contribution in [2.75, 3.05) is 26.7 Å². The zero-order valence-corrected chi connectivity index (χ0v) is 13.7.